The van der Waals surface area contributed by atoms with E-state index in [2.05, 4.69) is 6.07 Å². The highest BCUT2D eigenvalue weighted by molar-refractivity contribution is 6.11. The Bertz CT molecular complexity index is 1970. The number of carbonyl (C=O) groups is 2. The lowest BCUT2D eigenvalue weighted by molar-refractivity contribution is -0.153. The van der Waals surface area contributed by atoms with Crippen LogP contribution in [0.2, 0.25) is 0 Å². The van der Waals surface area contributed by atoms with Crippen molar-refractivity contribution in [1.82, 2.24) is 0 Å². The van der Waals surface area contributed by atoms with E-state index in [1.165, 1.54) is 0 Å². The molecule has 0 aliphatic carbocycles. The number of unbranched alkanes of at least 4 members (excludes halogenated alkanes) is 2. The number of benzene rings is 5. The monoisotopic (exact) mass is 720 g/mol. The van der Waals surface area contributed by atoms with E-state index in [-0.39, 0.29) is 38.4 Å². The van der Waals surface area contributed by atoms with Gasteiger partial charge in [-0.15, -0.1) is 0 Å². The molecule has 0 saturated carbocycles. The lowest BCUT2D eigenvalue weighted by Gasteiger charge is -2.23. The van der Waals surface area contributed by atoms with Crippen LogP contribution in [0.4, 0.5) is 0 Å². The second-order valence-corrected chi connectivity index (χ2v) is 13.6. The van der Waals surface area contributed by atoms with Gasteiger partial charge in [-0.2, -0.15) is 0 Å². The van der Waals surface area contributed by atoms with Gasteiger partial charge in [-0.25, -0.2) is 0 Å². The molecule has 0 spiro atoms. The predicted octanol–water partition coefficient (Wildman–Crippen LogP) is 10.0. The molecule has 8 nitrogen and oxygen atoms in total. The van der Waals surface area contributed by atoms with Crippen LogP contribution in [0.25, 0.3) is 21.5 Å². The Kier molecular flexibility index (Phi) is 14.4. The molecule has 0 N–H and O–H groups in total. The molecule has 2 unspecified atom stereocenters. The zero-order valence-electron chi connectivity index (χ0n) is 31.7. The standard InChI is InChI=1S/C45H52O8/c1-6-8-20-42(46)52-36(27-48-34-16-12-14-31(3)24-34)29-50-44-38-18-10-11-19-39(38)45(41-26-33(5)22-23-40(41)44)51-30-37(53-43(47)21-9-7-2)28-49-35-17-13-15-32(4)25-35/h10-19,22-26,36-37H,6-9,20-21,27-30H2,1-5H3. The fourth-order valence-corrected chi connectivity index (χ4v) is 6.03. The summed E-state index contributed by atoms with van der Waals surface area (Å²) in [6, 6.07) is 29.6. The number of ether oxygens (including phenoxy) is 6. The molecule has 0 aromatic heterocycles. The highest BCUT2D eigenvalue weighted by Gasteiger charge is 2.23. The van der Waals surface area contributed by atoms with E-state index in [9.17, 15) is 9.59 Å². The Morgan fingerprint density at radius 2 is 0.925 bits per heavy atom. The summed E-state index contributed by atoms with van der Waals surface area (Å²) in [5, 5.41) is 3.36. The van der Waals surface area contributed by atoms with E-state index in [4.69, 9.17) is 28.4 Å². The maximum Gasteiger partial charge on any atom is 0.306 e. The molecule has 5 aromatic carbocycles. The van der Waals surface area contributed by atoms with Crippen LogP contribution in [0, 0.1) is 20.8 Å². The summed E-state index contributed by atoms with van der Waals surface area (Å²) in [6.45, 7) is 10.6. The summed E-state index contributed by atoms with van der Waals surface area (Å²) in [4.78, 5) is 25.6. The van der Waals surface area contributed by atoms with Crippen LogP contribution in [0.1, 0.15) is 69.1 Å². The zero-order valence-corrected chi connectivity index (χ0v) is 31.7. The summed E-state index contributed by atoms with van der Waals surface area (Å²) in [5.41, 5.74) is 3.19. The number of rotatable bonds is 20. The number of esters is 2. The van der Waals surface area contributed by atoms with Gasteiger partial charge < -0.3 is 28.4 Å². The Balaban J connectivity index is 1.43. The first-order valence-electron chi connectivity index (χ1n) is 18.7. The van der Waals surface area contributed by atoms with Gasteiger partial charge in [-0.3, -0.25) is 9.59 Å². The smallest absolute Gasteiger partial charge is 0.306 e. The van der Waals surface area contributed by atoms with E-state index in [1.807, 2.05) is 120 Å². The van der Waals surface area contributed by atoms with Gasteiger partial charge in [-0.05, 0) is 75.1 Å². The number of hydrogen-bond acceptors (Lipinski definition) is 8. The Morgan fingerprint density at radius 1 is 0.491 bits per heavy atom. The van der Waals surface area contributed by atoms with Crippen molar-refractivity contribution in [2.75, 3.05) is 26.4 Å². The molecule has 5 rings (SSSR count). The van der Waals surface area contributed by atoms with Crippen LogP contribution >= 0.6 is 0 Å². The number of carbonyl (C=O) groups excluding carboxylic acids is 2. The van der Waals surface area contributed by atoms with Gasteiger partial charge in [0.05, 0.1) is 0 Å². The van der Waals surface area contributed by atoms with Gasteiger partial charge in [0.1, 0.15) is 49.4 Å². The van der Waals surface area contributed by atoms with Crippen molar-refractivity contribution in [1.29, 1.82) is 0 Å². The molecule has 280 valence electrons. The Labute approximate surface area is 313 Å². The number of aryl methyl sites for hydroxylation is 3. The average molecular weight is 721 g/mol. The first-order chi connectivity index (χ1) is 25.7. The molecule has 0 radical (unpaired) electrons. The van der Waals surface area contributed by atoms with E-state index in [0.29, 0.717) is 35.8 Å². The van der Waals surface area contributed by atoms with Crippen LogP contribution in [-0.2, 0) is 19.1 Å². The molecule has 0 aliphatic heterocycles. The summed E-state index contributed by atoms with van der Waals surface area (Å²) < 4.78 is 37.2. The summed E-state index contributed by atoms with van der Waals surface area (Å²) in [7, 11) is 0. The van der Waals surface area contributed by atoms with Crippen molar-refractivity contribution < 1.29 is 38.0 Å². The molecule has 0 amide bonds. The maximum absolute atomic E-state index is 12.8. The minimum Gasteiger partial charge on any atom is -0.490 e. The fraction of sp³-hybridized carbons (Fsp3) is 0.378. The number of fused-ring (bicyclic) bond motifs is 2. The van der Waals surface area contributed by atoms with Gasteiger partial charge in [0.15, 0.2) is 12.2 Å². The number of hydrogen-bond donors (Lipinski definition) is 0. The largest absolute Gasteiger partial charge is 0.490 e. The molecular weight excluding hydrogens is 668 g/mol. The maximum atomic E-state index is 12.8. The molecule has 0 heterocycles. The van der Waals surface area contributed by atoms with E-state index >= 15 is 0 Å². The van der Waals surface area contributed by atoms with E-state index in [0.717, 1.165) is 63.9 Å². The van der Waals surface area contributed by atoms with Crippen LogP contribution in [-0.4, -0.2) is 50.6 Å². The van der Waals surface area contributed by atoms with E-state index < -0.39 is 12.2 Å². The van der Waals surface area contributed by atoms with Crippen molar-refractivity contribution in [3.05, 3.63) is 108 Å². The fourth-order valence-electron chi connectivity index (χ4n) is 6.03. The van der Waals surface area contributed by atoms with Gasteiger partial charge in [0.2, 0.25) is 0 Å². The van der Waals surface area contributed by atoms with Crippen LogP contribution in [0.5, 0.6) is 23.0 Å². The van der Waals surface area contributed by atoms with Crippen LogP contribution in [0.3, 0.4) is 0 Å². The normalized spacial score (nSPS) is 12.2. The van der Waals surface area contributed by atoms with Crippen LogP contribution in [0.15, 0.2) is 91.0 Å². The third-order valence-electron chi connectivity index (χ3n) is 8.82. The topological polar surface area (TPSA) is 89.5 Å². The van der Waals surface area contributed by atoms with Gasteiger partial charge in [0.25, 0.3) is 0 Å². The minimum atomic E-state index is -0.647. The van der Waals surface area contributed by atoms with Gasteiger partial charge in [-0.1, -0.05) is 92.9 Å². The van der Waals surface area contributed by atoms with Gasteiger partial charge >= 0.3 is 11.9 Å². The van der Waals surface area contributed by atoms with Crippen molar-refractivity contribution in [3.8, 4) is 23.0 Å². The highest BCUT2D eigenvalue weighted by atomic mass is 16.6. The second-order valence-electron chi connectivity index (χ2n) is 13.6. The highest BCUT2D eigenvalue weighted by Crippen LogP contribution is 2.43. The summed E-state index contributed by atoms with van der Waals surface area (Å²) >= 11 is 0. The Hall–Kier alpha value is -5.24. The molecule has 8 heteroatoms. The first-order valence-corrected chi connectivity index (χ1v) is 18.7. The molecule has 0 aliphatic rings. The lowest BCUT2D eigenvalue weighted by atomic mass is 9.99. The van der Waals surface area contributed by atoms with Crippen LogP contribution < -0.4 is 18.9 Å². The molecule has 5 aromatic rings. The van der Waals surface area contributed by atoms with Crippen molar-refractivity contribution in [3.63, 3.8) is 0 Å². The average Bonchev–Trinajstić information content (AvgIpc) is 3.15. The zero-order chi connectivity index (χ0) is 37.6. The third kappa shape index (κ3) is 11.4. The SMILES string of the molecule is CCCCC(=O)OC(COc1cccc(C)c1)COc1c2ccccc2c(OCC(COc2cccc(C)c2)OC(=O)CCCC)c2cc(C)ccc12. The molecule has 2 atom stereocenters. The van der Waals surface area contributed by atoms with Crippen molar-refractivity contribution in [2.45, 2.75) is 85.4 Å². The quantitative estimate of drug-likeness (QED) is 0.0580. The summed E-state index contributed by atoms with van der Waals surface area (Å²) in [5.74, 6) is 2.15. The predicted molar refractivity (Wildman–Crippen MR) is 209 cm³/mol. The molecule has 0 fully saturated rings. The molecular formula is C45H52O8. The van der Waals surface area contributed by atoms with Crippen molar-refractivity contribution in [2.24, 2.45) is 0 Å². The van der Waals surface area contributed by atoms with Gasteiger partial charge in [0, 0.05) is 34.4 Å². The lowest BCUT2D eigenvalue weighted by Crippen LogP contribution is -2.31. The molecule has 53 heavy (non-hydrogen) atoms. The molecule has 0 bridgehead atoms. The summed E-state index contributed by atoms with van der Waals surface area (Å²) in [6.07, 6.45) is 2.65. The van der Waals surface area contributed by atoms with E-state index in [1.54, 1.807) is 0 Å². The first kappa shape index (κ1) is 39.0. The minimum absolute atomic E-state index is 0.0862. The van der Waals surface area contributed by atoms with Crippen molar-refractivity contribution >= 4 is 33.5 Å². The molecule has 0 saturated heterocycles. The third-order valence-corrected chi connectivity index (χ3v) is 8.82. The second kappa shape index (κ2) is 19.6. The Morgan fingerprint density at radius 3 is 1.40 bits per heavy atom.